The Morgan fingerprint density at radius 3 is 2.54 bits per heavy atom. The average molecular weight is 353 g/mol. The van der Waals surface area contributed by atoms with Crippen molar-refractivity contribution in [1.29, 1.82) is 0 Å². The third-order valence-corrected chi connectivity index (χ3v) is 4.66. The van der Waals surface area contributed by atoms with Crippen LogP contribution in [-0.2, 0) is 28.2 Å². The first kappa shape index (κ1) is 17.8. The standard InChI is InChI=1S/C15H19N3O5S/c1-5-10-6-7-11(13(14(10)22-3)15(19)23-4)17-24(20,21)12-8-18(2)9-16-12/h6-9,17H,5H2,1-4H3. The van der Waals surface area contributed by atoms with Crippen LogP contribution in [0.5, 0.6) is 5.75 Å². The summed E-state index contributed by atoms with van der Waals surface area (Å²) in [4.78, 5) is 16.0. The van der Waals surface area contributed by atoms with E-state index in [1.807, 2.05) is 6.92 Å². The van der Waals surface area contributed by atoms with Crippen molar-refractivity contribution in [2.24, 2.45) is 7.05 Å². The first-order chi connectivity index (χ1) is 11.3. The summed E-state index contributed by atoms with van der Waals surface area (Å²) >= 11 is 0. The van der Waals surface area contributed by atoms with Gasteiger partial charge in [0.15, 0.2) is 5.03 Å². The summed E-state index contributed by atoms with van der Waals surface area (Å²) in [6.45, 7) is 1.90. The topological polar surface area (TPSA) is 99.5 Å². The molecule has 0 aliphatic heterocycles. The van der Waals surface area contributed by atoms with Gasteiger partial charge in [0, 0.05) is 13.2 Å². The molecule has 0 spiro atoms. The Morgan fingerprint density at radius 2 is 2.04 bits per heavy atom. The predicted octanol–water partition coefficient (Wildman–Crippen LogP) is 1.58. The van der Waals surface area contributed by atoms with Gasteiger partial charge in [-0.3, -0.25) is 4.72 Å². The number of nitrogens with one attached hydrogen (secondary N) is 1. The highest BCUT2D eigenvalue weighted by Gasteiger charge is 2.25. The maximum Gasteiger partial charge on any atom is 0.343 e. The number of methoxy groups -OCH3 is 2. The van der Waals surface area contributed by atoms with E-state index in [2.05, 4.69) is 9.71 Å². The molecule has 0 fully saturated rings. The van der Waals surface area contributed by atoms with Crippen molar-refractivity contribution in [2.75, 3.05) is 18.9 Å². The van der Waals surface area contributed by atoms with Crippen LogP contribution in [0, 0.1) is 0 Å². The molecule has 0 unspecified atom stereocenters. The zero-order chi connectivity index (χ0) is 17.9. The molecule has 8 nitrogen and oxygen atoms in total. The SMILES string of the molecule is CCc1ccc(NS(=O)(=O)c2cn(C)cn2)c(C(=O)OC)c1OC. The van der Waals surface area contributed by atoms with Crippen LogP contribution >= 0.6 is 0 Å². The second-order valence-corrected chi connectivity index (χ2v) is 6.64. The number of carbonyl (C=O) groups is 1. The molecular formula is C15H19N3O5S. The number of benzene rings is 1. The summed E-state index contributed by atoms with van der Waals surface area (Å²) in [7, 11) is 0.345. The van der Waals surface area contributed by atoms with Crippen molar-refractivity contribution >= 4 is 21.7 Å². The highest BCUT2D eigenvalue weighted by molar-refractivity contribution is 7.92. The molecule has 1 aromatic heterocycles. The summed E-state index contributed by atoms with van der Waals surface area (Å²) in [6.07, 6.45) is 3.34. The maximum absolute atomic E-state index is 12.5. The Balaban J connectivity index is 2.56. The van der Waals surface area contributed by atoms with E-state index in [0.29, 0.717) is 6.42 Å². The number of aryl methyl sites for hydroxylation is 2. The normalized spacial score (nSPS) is 11.2. The molecule has 130 valence electrons. The lowest BCUT2D eigenvalue weighted by Crippen LogP contribution is -2.17. The molecule has 0 aliphatic rings. The largest absolute Gasteiger partial charge is 0.495 e. The second kappa shape index (κ2) is 6.91. The van der Waals surface area contributed by atoms with Gasteiger partial charge in [-0.15, -0.1) is 0 Å². The molecule has 9 heteroatoms. The molecule has 0 saturated heterocycles. The van der Waals surface area contributed by atoms with Crippen LogP contribution in [0.25, 0.3) is 0 Å². The van der Waals surface area contributed by atoms with Gasteiger partial charge < -0.3 is 14.0 Å². The molecule has 0 saturated carbocycles. The Morgan fingerprint density at radius 1 is 1.33 bits per heavy atom. The summed E-state index contributed by atoms with van der Waals surface area (Å²) < 4.78 is 38.9. The van der Waals surface area contributed by atoms with Crippen LogP contribution < -0.4 is 9.46 Å². The third-order valence-electron chi connectivity index (χ3n) is 3.41. The molecule has 24 heavy (non-hydrogen) atoms. The number of hydrogen-bond donors (Lipinski definition) is 1. The number of esters is 1. The van der Waals surface area contributed by atoms with E-state index in [0.717, 1.165) is 5.56 Å². The Labute approximate surface area is 140 Å². The minimum absolute atomic E-state index is 0.0267. The van der Waals surface area contributed by atoms with Gasteiger partial charge in [0.05, 0.1) is 26.2 Å². The number of anilines is 1. The Hall–Kier alpha value is -2.55. The van der Waals surface area contributed by atoms with Gasteiger partial charge in [0.2, 0.25) is 0 Å². The van der Waals surface area contributed by atoms with Gasteiger partial charge in [0.25, 0.3) is 10.0 Å². The van der Waals surface area contributed by atoms with Crippen LogP contribution in [0.4, 0.5) is 5.69 Å². The highest BCUT2D eigenvalue weighted by Crippen LogP contribution is 2.33. The zero-order valence-electron chi connectivity index (χ0n) is 13.9. The van der Waals surface area contributed by atoms with E-state index < -0.39 is 16.0 Å². The van der Waals surface area contributed by atoms with Gasteiger partial charge in [-0.1, -0.05) is 13.0 Å². The fraction of sp³-hybridized carbons (Fsp3) is 0.333. The van der Waals surface area contributed by atoms with Gasteiger partial charge in [-0.05, 0) is 18.1 Å². The monoisotopic (exact) mass is 353 g/mol. The van der Waals surface area contributed by atoms with Gasteiger partial charge in [0.1, 0.15) is 11.3 Å². The molecule has 2 rings (SSSR count). The van der Waals surface area contributed by atoms with E-state index in [9.17, 15) is 13.2 Å². The number of hydrogen-bond acceptors (Lipinski definition) is 6. The lowest BCUT2D eigenvalue weighted by atomic mass is 10.0. The van der Waals surface area contributed by atoms with Crippen molar-refractivity contribution in [1.82, 2.24) is 9.55 Å². The number of imidazole rings is 1. The van der Waals surface area contributed by atoms with Gasteiger partial charge in [-0.2, -0.15) is 8.42 Å². The van der Waals surface area contributed by atoms with Crippen LogP contribution in [0.3, 0.4) is 0 Å². The fourth-order valence-corrected chi connectivity index (χ4v) is 3.31. The van der Waals surface area contributed by atoms with E-state index in [1.165, 1.54) is 37.4 Å². The average Bonchev–Trinajstić information content (AvgIpc) is 3.00. The molecule has 2 aromatic rings. The predicted molar refractivity (Wildman–Crippen MR) is 87.7 cm³/mol. The molecule has 1 N–H and O–H groups in total. The fourth-order valence-electron chi connectivity index (χ4n) is 2.25. The van der Waals surface area contributed by atoms with E-state index in [1.54, 1.807) is 13.1 Å². The van der Waals surface area contributed by atoms with Crippen LogP contribution in [0.1, 0.15) is 22.8 Å². The summed E-state index contributed by atoms with van der Waals surface area (Å²) in [5.74, 6) is -0.411. The highest BCUT2D eigenvalue weighted by atomic mass is 32.2. The van der Waals surface area contributed by atoms with Crippen molar-refractivity contribution in [3.05, 3.63) is 35.8 Å². The lowest BCUT2D eigenvalue weighted by Gasteiger charge is -2.16. The minimum atomic E-state index is -3.95. The van der Waals surface area contributed by atoms with Crippen molar-refractivity contribution < 1.29 is 22.7 Å². The molecule has 0 atom stereocenters. The zero-order valence-corrected chi connectivity index (χ0v) is 14.7. The first-order valence-corrected chi connectivity index (χ1v) is 8.61. The maximum atomic E-state index is 12.5. The summed E-state index contributed by atoms with van der Waals surface area (Å²) in [5, 5.41) is -0.153. The Bertz CT molecular complexity index is 858. The molecule has 1 heterocycles. The van der Waals surface area contributed by atoms with Crippen LogP contribution in [0.15, 0.2) is 29.7 Å². The number of aromatic nitrogens is 2. The first-order valence-electron chi connectivity index (χ1n) is 7.13. The molecule has 1 aromatic carbocycles. The number of nitrogens with zero attached hydrogens (tertiary/aromatic N) is 2. The van der Waals surface area contributed by atoms with Crippen LogP contribution in [-0.4, -0.2) is 38.2 Å². The van der Waals surface area contributed by atoms with Crippen LogP contribution in [0.2, 0.25) is 0 Å². The smallest absolute Gasteiger partial charge is 0.343 e. The van der Waals surface area contributed by atoms with E-state index in [4.69, 9.17) is 9.47 Å². The number of sulfonamides is 1. The molecule has 0 radical (unpaired) electrons. The quantitative estimate of drug-likeness (QED) is 0.792. The van der Waals surface area contributed by atoms with Crippen molar-refractivity contribution in [3.8, 4) is 5.75 Å². The number of carbonyl (C=O) groups excluding carboxylic acids is 1. The van der Waals surface area contributed by atoms with Crippen molar-refractivity contribution in [2.45, 2.75) is 18.4 Å². The summed E-state index contributed by atoms with van der Waals surface area (Å²) in [5.41, 5.74) is 0.860. The molecule has 0 bridgehead atoms. The lowest BCUT2D eigenvalue weighted by molar-refractivity contribution is 0.0598. The second-order valence-electron chi connectivity index (χ2n) is 5.01. The minimum Gasteiger partial charge on any atom is -0.495 e. The summed E-state index contributed by atoms with van der Waals surface area (Å²) in [6, 6.07) is 3.20. The Kier molecular flexibility index (Phi) is 5.13. The van der Waals surface area contributed by atoms with Gasteiger partial charge in [-0.25, -0.2) is 9.78 Å². The van der Waals surface area contributed by atoms with E-state index in [-0.39, 0.29) is 22.0 Å². The number of ether oxygens (including phenoxy) is 2. The van der Waals surface area contributed by atoms with E-state index >= 15 is 0 Å². The molecular weight excluding hydrogens is 334 g/mol. The number of rotatable bonds is 6. The molecule has 0 aliphatic carbocycles. The van der Waals surface area contributed by atoms with Crippen molar-refractivity contribution in [3.63, 3.8) is 0 Å². The molecule has 0 amide bonds. The third kappa shape index (κ3) is 3.35. The van der Waals surface area contributed by atoms with Gasteiger partial charge >= 0.3 is 5.97 Å².